The van der Waals surface area contributed by atoms with E-state index in [9.17, 15) is 9.90 Å². The number of nitrogens with one attached hydrogen (secondary N) is 1. The van der Waals surface area contributed by atoms with Crippen molar-refractivity contribution in [2.45, 2.75) is 26.2 Å². The number of furan rings is 1. The molecule has 1 aromatic heterocycles. The second kappa shape index (κ2) is 3.70. The summed E-state index contributed by atoms with van der Waals surface area (Å²) in [6, 6.07) is 3.51. The number of carbonyl (C=O) groups excluding carboxylic acids is 1. The topological polar surface area (TPSA) is 62.5 Å². The molecule has 1 aliphatic carbocycles. The summed E-state index contributed by atoms with van der Waals surface area (Å²) in [7, 11) is 0. The zero-order valence-corrected chi connectivity index (χ0v) is 8.75. The Hall–Kier alpha value is -1.29. The summed E-state index contributed by atoms with van der Waals surface area (Å²) in [6.45, 7) is 1.74. The number of carbonyl (C=O) groups is 1. The van der Waals surface area contributed by atoms with Crippen LogP contribution in [0.25, 0.3) is 0 Å². The maximum Gasteiger partial charge on any atom is 0.235 e. The van der Waals surface area contributed by atoms with Gasteiger partial charge < -0.3 is 9.52 Å². The summed E-state index contributed by atoms with van der Waals surface area (Å²) >= 11 is 0. The van der Waals surface area contributed by atoms with Crippen LogP contribution in [0, 0.1) is 12.3 Å². The van der Waals surface area contributed by atoms with Crippen molar-refractivity contribution in [2.75, 3.05) is 11.9 Å². The Morgan fingerprint density at radius 1 is 1.60 bits per heavy atom. The minimum Gasteiger partial charge on any atom is -0.446 e. The highest BCUT2D eigenvalue weighted by atomic mass is 16.4. The Bertz CT molecular complexity index is 360. The summed E-state index contributed by atoms with van der Waals surface area (Å²) in [4.78, 5) is 11.8. The molecule has 0 radical (unpaired) electrons. The number of amides is 1. The van der Waals surface area contributed by atoms with Crippen molar-refractivity contribution in [3.63, 3.8) is 0 Å². The fourth-order valence-electron chi connectivity index (χ4n) is 1.81. The molecule has 0 atom stereocenters. The Kier molecular flexibility index (Phi) is 2.52. The molecule has 1 heterocycles. The smallest absolute Gasteiger partial charge is 0.235 e. The summed E-state index contributed by atoms with van der Waals surface area (Å²) in [5, 5.41) is 11.9. The van der Waals surface area contributed by atoms with Crippen LogP contribution < -0.4 is 5.32 Å². The molecule has 15 heavy (non-hydrogen) atoms. The predicted octanol–water partition coefficient (Wildman–Crippen LogP) is 1.69. The number of aryl methyl sites for hydroxylation is 1. The third-order valence-electron chi connectivity index (χ3n) is 3.07. The zero-order valence-electron chi connectivity index (χ0n) is 8.75. The van der Waals surface area contributed by atoms with Gasteiger partial charge in [0.2, 0.25) is 5.91 Å². The van der Waals surface area contributed by atoms with Crippen LogP contribution in [-0.2, 0) is 4.79 Å². The van der Waals surface area contributed by atoms with E-state index >= 15 is 0 Å². The van der Waals surface area contributed by atoms with E-state index in [-0.39, 0.29) is 12.5 Å². The van der Waals surface area contributed by atoms with Crippen LogP contribution in [0.4, 0.5) is 5.88 Å². The molecule has 0 aromatic carbocycles. The average molecular weight is 209 g/mol. The van der Waals surface area contributed by atoms with Gasteiger partial charge in [-0.25, -0.2) is 0 Å². The van der Waals surface area contributed by atoms with E-state index in [0.29, 0.717) is 5.88 Å². The van der Waals surface area contributed by atoms with Gasteiger partial charge >= 0.3 is 0 Å². The number of anilines is 1. The first kappa shape index (κ1) is 10.2. The molecule has 82 valence electrons. The number of hydrogen-bond donors (Lipinski definition) is 2. The van der Waals surface area contributed by atoms with E-state index in [1.54, 1.807) is 12.1 Å². The Balaban J connectivity index is 2.03. The molecule has 2 rings (SSSR count). The van der Waals surface area contributed by atoms with Crippen LogP contribution in [0.1, 0.15) is 25.0 Å². The molecule has 1 fully saturated rings. The molecule has 1 aromatic rings. The molecular weight excluding hydrogens is 194 g/mol. The predicted molar refractivity (Wildman–Crippen MR) is 55.4 cm³/mol. The third kappa shape index (κ3) is 1.77. The molecule has 1 aliphatic rings. The number of aliphatic hydroxyl groups is 1. The fourth-order valence-corrected chi connectivity index (χ4v) is 1.81. The van der Waals surface area contributed by atoms with E-state index < -0.39 is 5.41 Å². The molecule has 0 bridgehead atoms. The average Bonchev–Trinajstić information content (AvgIpc) is 2.50. The largest absolute Gasteiger partial charge is 0.446 e. The zero-order chi connectivity index (χ0) is 10.9. The maximum atomic E-state index is 11.8. The number of hydrogen-bond acceptors (Lipinski definition) is 3. The van der Waals surface area contributed by atoms with E-state index in [1.165, 1.54) is 0 Å². The summed E-state index contributed by atoms with van der Waals surface area (Å²) in [6.07, 6.45) is 2.52. The molecular formula is C11H15NO3. The lowest BCUT2D eigenvalue weighted by molar-refractivity contribution is -0.133. The minimum atomic E-state index is -0.569. The third-order valence-corrected chi connectivity index (χ3v) is 3.07. The lowest BCUT2D eigenvalue weighted by atomic mass is 9.69. The highest BCUT2D eigenvalue weighted by Gasteiger charge is 2.43. The molecule has 2 N–H and O–H groups in total. The Morgan fingerprint density at radius 3 is 2.73 bits per heavy atom. The van der Waals surface area contributed by atoms with Crippen LogP contribution in [0.2, 0.25) is 0 Å². The highest BCUT2D eigenvalue weighted by Crippen LogP contribution is 2.41. The molecule has 0 saturated heterocycles. The summed E-state index contributed by atoms with van der Waals surface area (Å²) in [5.74, 6) is 1.08. The van der Waals surface area contributed by atoms with Gasteiger partial charge in [0, 0.05) is 6.07 Å². The van der Waals surface area contributed by atoms with Crippen molar-refractivity contribution < 1.29 is 14.3 Å². The maximum absolute atomic E-state index is 11.8. The summed E-state index contributed by atoms with van der Waals surface area (Å²) < 4.78 is 5.25. The van der Waals surface area contributed by atoms with Crippen LogP contribution in [0.5, 0.6) is 0 Å². The minimum absolute atomic E-state index is 0.0848. The highest BCUT2D eigenvalue weighted by molar-refractivity contribution is 5.95. The van der Waals surface area contributed by atoms with Crippen molar-refractivity contribution >= 4 is 11.8 Å². The monoisotopic (exact) mass is 209 g/mol. The van der Waals surface area contributed by atoms with E-state index in [4.69, 9.17) is 4.42 Å². The molecule has 1 saturated carbocycles. The lowest BCUT2D eigenvalue weighted by Crippen LogP contribution is -2.44. The molecule has 4 nitrogen and oxygen atoms in total. The van der Waals surface area contributed by atoms with Gasteiger partial charge in [-0.05, 0) is 25.8 Å². The van der Waals surface area contributed by atoms with Gasteiger partial charge in [-0.1, -0.05) is 6.42 Å². The second-order valence-electron chi connectivity index (χ2n) is 4.16. The lowest BCUT2D eigenvalue weighted by Gasteiger charge is -2.37. The van der Waals surface area contributed by atoms with E-state index in [1.807, 2.05) is 6.92 Å². The van der Waals surface area contributed by atoms with Gasteiger partial charge in [0.1, 0.15) is 5.76 Å². The van der Waals surface area contributed by atoms with Crippen LogP contribution in [0.3, 0.4) is 0 Å². The second-order valence-corrected chi connectivity index (χ2v) is 4.16. The van der Waals surface area contributed by atoms with Crippen molar-refractivity contribution in [3.05, 3.63) is 17.9 Å². The van der Waals surface area contributed by atoms with Crippen molar-refractivity contribution in [1.82, 2.24) is 0 Å². The first-order chi connectivity index (χ1) is 7.16. The van der Waals surface area contributed by atoms with Crippen LogP contribution in [0.15, 0.2) is 16.5 Å². The van der Waals surface area contributed by atoms with Gasteiger partial charge in [-0.3, -0.25) is 10.1 Å². The van der Waals surface area contributed by atoms with Gasteiger partial charge in [-0.2, -0.15) is 0 Å². The Morgan fingerprint density at radius 2 is 2.33 bits per heavy atom. The Labute approximate surface area is 88.3 Å². The molecule has 4 heteroatoms. The van der Waals surface area contributed by atoms with Gasteiger partial charge in [0.25, 0.3) is 0 Å². The van der Waals surface area contributed by atoms with Gasteiger partial charge in [0.15, 0.2) is 5.88 Å². The van der Waals surface area contributed by atoms with Crippen molar-refractivity contribution in [2.24, 2.45) is 5.41 Å². The molecule has 0 spiro atoms. The van der Waals surface area contributed by atoms with Gasteiger partial charge in [-0.15, -0.1) is 0 Å². The standard InChI is InChI=1S/C11H15NO3/c1-8-3-4-9(15-8)12-10(14)11(7-13)5-2-6-11/h3-4,13H,2,5-7H2,1H3,(H,12,14). The van der Waals surface area contributed by atoms with Crippen LogP contribution >= 0.6 is 0 Å². The van der Waals surface area contributed by atoms with Gasteiger partial charge in [0.05, 0.1) is 12.0 Å². The molecule has 1 amide bonds. The SMILES string of the molecule is Cc1ccc(NC(=O)C2(CO)CCC2)o1. The number of aliphatic hydroxyl groups excluding tert-OH is 1. The normalized spacial score (nSPS) is 18.3. The van der Waals surface area contributed by atoms with Crippen LogP contribution in [-0.4, -0.2) is 17.6 Å². The molecule has 0 unspecified atom stereocenters. The summed E-state index contributed by atoms with van der Waals surface area (Å²) in [5.41, 5.74) is -0.569. The quantitative estimate of drug-likeness (QED) is 0.796. The number of rotatable bonds is 3. The van der Waals surface area contributed by atoms with Crippen molar-refractivity contribution in [1.29, 1.82) is 0 Å². The first-order valence-corrected chi connectivity index (χ1v) is 5.15. The first-order valence-electron chi connectivity index (χ1n) is 5.15. The van der Waals surface area contributed by atoms with E-state index in [0.717, 1.165) is 25.0 Å². The molecule has 0 aliphatic heterocycles. The van der Waals surface area contributed by atoms with E-state index in [2.05, 4.69) is 5.32 Å². The van der Waals surface area contributed by atoms with Crippen molar-refractivity contribution in [3.8, 4) is 0 Å². The fraction of sp³-hybridized carbons (Fsp3) is 0.545.